The van der Waals surface area contributed by atoms with E-state index in [2.05, 4.69) is 32.3 Å². The average molecular weight is 401 g/mol. The first kappa shape index (κ1) is 20.1. The van der Waals surface area contributed by atoms with Crippen molar-refractivity contribution in [2.45, 2.75) is 12.6 Å². The lowest BCUT2D eigenvalue weighted by atomic mass is 10.1. The number of nitrogens with zero attached hydrogens (tertiary/aromatic N) is 3. The second-order valence-corrected chi connectivity index (χ2v) is 7.42. The Morgan fingerprint density at radius 2 is 2.29 bits per heavy atom. The number of nitrogen functional groups attached to an aromatic ring is 1. The number of aliphatic imine (C=N–C) groups is 1. The van der Waals surface area contributed by atoms with E-state index in [4.69, 9.17) is 15.9 Å². The lowest BCUT2D eigenvalue weighted by molar-refractivity contribution is 0.0342. The Balaban J connectivity index is 1.75. The number of nitrogens with two attached hydrogens (primary N) is 1. The maximum Gasteiger partial charge on any atom is 0.273 e. The maximum atomic E-state index is 12.5. The molecule has 1 unspecified atom stereocenters. The van der Waals surface area contributed by atoms with Crippen LogP contribution in [0, 0.1) is 5.41 Å². The number of carbonyl (C=O) groups excluding carboxylic acids is 1. The first-order chi connectivity index (χ1) is 13.6. The van der Waals surface area contributed by atoms with Crippen molar-refractivity contribution in [1.82, 2.24) is 15.2 Å². The molecule has 1 atom stereocenters. The van der Waals surface area contributed by atoms with Gasteiger partial charge in [-0.1, -0.05) is 29.5 Å². The second-order valence-electron chi connectivity index (χ2n) is 6.39. The van der Waals surface area contributed by atoms with Crippen molar-refractivity contribution in [2.75, 3.05) is 39.1 Å². The van der Waals surface area contributed by atoms with Crippen LogP contribution in [0.25, 0.3) is 10.6 Å². The summed E-state index contributed by atoms with van der Waals surface area (Å²) >= 11 is 1.28. The monoisotopic (exact) mass is 400 g/mol. The minimum Gasteiger partial charge on any atom is -0.389 e. The van der Waals surface area contributed by atoms with Gasteiger partial charge in [0.15, 0.2) is 5.69 Å². The molecule has 8 nitrogen and oxygen atoms in total. The van der Waals surface area contributed by atoms with Gasteiger partial charge in [0.2, 0.25) is 0 Å². The molecule has 1 aromatic heterocycles. The van der Waals surface area contributed by atoms with E-state index in [0.717, 1.165) is 44.6 Å². The van der Waals surface area contributed by atoms with E-state index in [9.17, 15) is 4.79 Å². The topological polar surface area (TPSA) is 117 Å². The minimum absolute atomic E-state index is 0.176. The fourth-order valence-corrected chi connectivity index (χ4v) is 3.77. The highest BCUT2D eigenvalue weighted by Gasteiger charge is 2.19. The molecule has 3 rings (SSSR count). The van der Waals surface area contributed by atoms with Crippen LogP contribution < -0.4 is 11.1 Å². The summed E-state index contributed by atoms with van der Waals surface area (Å²) in [5, 5.41) is 11.1. The third-order valence-electron chi connectivity index (χ3n) is 4.34. The SMILES string of the molecule is CN=CC(C=N)NC(=O)c1nc(-c2cccc(CN3CCOCC3)c2)sc1N. The van der Waals surface area contributed by atoms with Gasteiger partial charge in [-0.15, -0.1) is 0 Å². The van der Waals surface area contributed by atoms with E-state index in [0.29, 0.717) is 10.0 Å². The average Bonchev–Trinajstić information content (AvgIpc) is 3.10. The highest BCUT2D eigenvalue weighted by atomic mass is 32.1. The van der Waals surface area contributed by atoms with Crippen LogP contribution in [0.2, 0.25) is 0 Å². The summed E-state index contributed by atoms with van der Waals surface area (Å²) in [5.74, 6) is -0.419. The van der Waals surface area contributed by atoms with Crippen molar-refractivity contribution < 1.29 is 9.53 Å². The van der Waals surface area contributed by atoms with Crippen molar-refractivity contribution in [1.29, 1.82) is 5.41 Å². The standard InChI is InChI=1S/C19H24N6O2S/c1-22-11-15(10-20)23-18(26)16-17(21)28-19(24-16)14-4-2-3-13(9-14)12-25-5-7-27-8-6-25/h2-4,9-11,15,20H,5-8,12,21H2,1H3,(H,23,26). The van der Waals surface area contributed by atoms with E-state index in [-0.39, 0.29) is 5.69 Å². The van der Waals surface area contributed by atoms with Crippen LogP contribution in [-0.2, 0) is 11.3 Å². The summed E-state index contributed by atoms with van der Waals surface area (Å²) in [6.07, 6.45) is 2.58. The number of benzene rings is 1. The molecule has 0 saturated carbocycles. The number of amides is 1. The van der Waals surface area contributed by atoms with Crippen LogP contribution in [-0.4, -0.2) is 67.6 Å². The molecule has 2 aromatic rings. The third kappa shape index (κ3) is 5.00. The lowest BCUT2D eigenvalue weighted by Gasteiger charge is -2.26. The Labute approximate surface area is 167 Å². The van der Waals surface area contributed by atoms with E-state index in [1.165, 1.54) is 23.1 Å². The number of ether oxygens (including phenoxy) is 1. The molecule has 4 N–H and O–H groups in total. The number of thiazole rings is 1. The van der Waals surface area contributed by atoms with Gasteiger partial charge in [0.25, 0.3) is 5.91 Å². The van der Waals surface area contributed by atoms with Crippen molar-refractivity contribution in [2.24, 2.45) is 4.99 Å². The summed E-state index contributed by atoms with van der Waals surface area (Å²) in [6, 6.07) is 7.54. The quantitative estimate of drug-likeness (QED) is 0.611. The predicted octanol–water partition coefficient (Wildman–Crippen LogP) is 1.67. The number of aromatic nitrogens is 1. The summed E-state index contributed by atoms with van der Waals surface area (Å²) in [5.41, 5.74) is 8.33. The molecule has 9 heteroatoms. The van der Waals surface area contributed by atoms with Crippen LogP contribution in [0.3, 0.4) is 0 Å². The van der Waals surface area contributed by atoms with Gasteiger partial charge in [0, 0.05) is 44.7 Å². The van der Waals surface area contributed by atoms with Crippen molar-refractivity contribution in [3.63, 3.8) is 0 Å². The van der Waals surface area contributed by atoms with Crippen LogP contribution in [0.4, 0.5) is 5.00 Å². The Bertz CT molecular complexity index is 860. The summed E-state index contributed by atoms with van der Waals surface area (Å²) in [6.45, 7) is 4.23. The third-order valence-corrected chi connectivity index (χ3v) is 5.27. The van der Waals surface area contributed by atoms with E-state index < -0.39 is 11.9 Å². The Kier molecular flexibility index (Phi) is 6.85. The molecule has 148 valence electrons. The zero-order valence-electron chi connectivity index (χ0n) is 15.7. The molecule has 28 heavy (non-hydrogen) atoms. The largest absolute Gasteiger partial charge is 0.389 e. The molecule has 2 heterocycles. The van der Waals surface area contributed by atoms with Gasteiger partial charge >= 0.3 is 0 Å². The van der Waals surface area contributed by atoms with Gasteiger partial charge in [0.1, 0.15) is 10.0 Å². The van der Waals surface area contributed by atoms with Crippen LogP contribution >= 0.6 is 11.3 Å². The molecule has 1 aliphatic rings. The number of hydrogen-bond donors (Lipinski definition) is 3. The van der Waals surface area contributed by atoms with Crippen LogP contribution in [0.15, 0.2) is 29.3 Å². The predicted molar refractivity (Wildman–Crippen MR) is 113 cm³/mol. The summed E-state index contributed by atoms with van der Waals surface area (Å²) in [7, 11) is 1.59. The number of morpholine rings is 1. The molecule has 1 aliphatic heterocycles. The normalized spacial score (nSPS) is 16.2. The molecular formula is C19H24N6O2S. The smallest absolute Gasteiger partial charge is 0.273 e. The Morgan fingerprint density at radius 3 is 3.00 bits per heavy atom. The van der Waals surface area contributed by atoms with Gasteiger partial charge in [0.05, 0.1) is 19.3 Å². The molecule has 1 fully saturated rings. The van der Waals surface area contributed by atoms with Gasteiger partial charge < -0.3 is 21.2 Å². The number of nitrogens with one attached hydrogen (secondary N) is 2. The second kappa shape index (κ2) is 9.54. The molecule has 0 radical (unpaired) electrons. The fraction of sp³-hybridized carbons (Fsp3) is 0.368. The Morgan fingerprint density at radius 1 is 1.50 bits per heavy atom. The van der Waals surface area contributed by atoms with Crippen molar-refractivity contribution >= 4 is 34.7 Å². The zero-order valence-corrected chi connectivity index (χ0v) is 16.5. The zero-order chi connectivity index (χ0) is 19.9. The molecule has 1 amide bonds. The van der Waals surface area contributed by atoms with Crippen LogP contribution in [0.5, 0.6) is 0 Å². The highest BCUT2D eigenvalue weighted by molar-refractivity contribution is 7.19. The van der Waals surface area contributed by atoms with Crippen molar-refractivity contribution in [3.8, 4) is 10.6 Å². The van der Waals surface area contributed by atoms with E-state index in [1.54, 1.807) is 7.05 Å². The number of carbonyl (C=O) groups is 1. The number of anilines is 1. The minimum atomic E-state index is -0.584. The first-order valence-corrected chi connectivity index (χ1v) is 9.82. The van der Waals surface area contributed by atoms with E-state index >= 15 is 0 Å². The molecule has 1 aromatic carbocycles. The maximum absolute atomic E-state index is 12.5. The lowest BCUT2D eigenvalue weighted by Crippen LogP contribution is -2.37. The van der Waals surface area contributed by atoms with Crippen molar-refractivity contribution in [3.05, 3.63) is 35.5 Å². The molecule has 0 aliphatic carbocycles. The number of hydrogen-bond acceptors (Lipinski definition) is 8. The molecule has 1 saturated heterocycles. The number of rotatable bonds is 7. The highest BCUT2D eigenvalue weighted by Crippen LogP contribution is 2.30. The molecule has 0 spiro atoms. The van der Waals surface area contributed by atoms with Gasteiger partial charge in [-0.2, -0.15) is 0 Å². The van der Waals surface area contributed by atoms with Gasteiger partial charge in [-0.3, -0.25) is 14.7 Å². The summed E-state index contributed by atoms with van der Waals surface area (Å²) in [4.78, 5) is 23.1. The van der Waals surface area contributed by atoms with Crippen LogP contribution in [0.1, 0.15) is 16.1 Å². The van der Waals surface area contributed by atoms with E-state index in [1.807, 2.05) is 12.1 Å². The van der Waals surface area contributed by atoms with Gasteiger partial charge in [-0.05, 0) is 11.6 Å². The van der Waals surface area contributed by atoms with Gasteiger partial charge in [-0.25, -0.2) is 4.98 Å². The summed E-state index contributed by atoms with van der Waals surface area (Å²) < 4.78 is 5.40. The first-order valence-electron chi connectivity index (χ1n) is 9.00. The Hall–Kier alpha value is -2.62. The molecular weight excluding hydrogens is 376 g/mol. The molecule has 0 bridgehead atoms. The fourth-order valence-electron chi connectivity index (χ4n) is 2.94.